The zero-order valence-corrected chi connectivity index (χ0v) is 15.7. The molecule has 140 valence electrons. The number of pyridine rings is 2. The predicted molar refractivity (Wildman–Crippen MR) is 109 cm³/mol. The molecule has 0 aliphatic rings. The van der Waals surface area contributed by atoms with Crippen molar-refractivity contribution in [2.75, 3.05) is 11.5 Å². The summed E-state index contributed by atoms with van der Waals surface area (Å²) in [7, 11) is 0. The van der Waals surface area contributed by atoms with Gasteiger partial charge in [0.15, 0.2) is 5.82 Å². The molecule has 0 radical (unpaired) electrons. The molecule has 2 heterocycles. The average molecular weight is 416 g/mol. The van der Waals surface area contributed by atoms with E-state index in [2.05, 4.69) is 34.4 Å². The normalized spacial score (nSPS) is 10.3. The summed E-state index contributed by atoms with van der Waals surface area (Å²) in [6.45, 7) is 0. The second kappa shape index (κ2) is 7.84. The minimum Gasteiger partial charge on any atom is -0.396 e. The number of thiol groups is 1. The Morgan fingerprint density at radius 3 is 2.57 bits per heavy atom. The molecular formula is C19H12ClF2N5S. The molecule has 1 aromatic carbocycles. The number of anilines is 2. The Balaban J connectivity index is 2.11. The summed E-state index contributed by atoms with van der Waals surface area (Å²) in [4.78, 5) is 8.06. The van der Waals surface area contributed by atoms with Crippen molar-refractivity contribution >= 4 is 41.9 Å². The third kappa shape index (κ3) is 3.63. The number of halogens is 3. The van der Waals surface area contributed by atoms with E-state index in [1.54, 1.807) is 0 Å². The molecule has 0 aliphatic heterocycles. The number of hydrogen-bond acceptors (Lipinski definition) is 6. The van der Waals surface area contributed by atoms with Crippen molar-refractivity contribution in [1.29, 1.82) is 5.41 Å². The summed E-state index contributed by atoms with van der Waals surface area (Å²) in [6.07, 6.45) is 5.07. The van der Waals surface area contributed by atoms with Gasteiger partial charge in [-0.25, -0.2) is 13.8 Å². The van der Waals surface area contributed by atoms with Gasteiger partial charge >= 0.3 is 0 Å². The smallest absolute Gasteiger partial charge is 0.165 e. The Bertz CT molecular complexity index is 1150. The molecule has 2 aromatic heterocycles. The van der Waals surface area contributed by atoms with Gasteiger partial charge < -0.3 is 16.9 Å². The van der Waals surface area contributed by atoms with Crippen molar-refractivity contribution in [3.8, 4) is 23.0 Å². The van der Waals surface area contributed by atoms with Gasteiger partial charge in [0.05, 0.1) is 16.3 Å². The van der Waals surface area contributed by atoms with Crippen molar-refractivity contribution in [2.24, 2.45) is 0 Å². The van der Waals surface area contributed by atoms with Gasteiger partial charge in [0.25, 0.3) is 0 Å². The number of nitrogens with zero attached hydrogens (tertiary/aromatic N) is 2. The van der Waals surface area contributed by atoms with Gasteiger partial charge in [-0.2, -0.15) is 0 Å². The van der Waals surface area contributed by atoms with Crippen LogP contribution in [0.5, 0.6) is 0 Å². The molecule has 0 unspecified atom stereocenters. The fourth-order valence-electron chi connectivity index (χ4n) is 2.46. The molecule has 9 heteroatoms. The van der Waals surface area contributed by atoms with E-state index < -0.39 is 17.2 Å². The van der Waals surface area contributed by atoms with Crippen LogP contribution in [0.15, 0.2) is 35.6 Å². The summed E-state index contributed by atoms with van der Waals surface area (Å²) in [5.74, 6) is 3.24. The predicted octanol–water partition coefficient (Wildman–Crippen LogP) is 3.93. The van der Waals surface area contributed by atoms with Crippen LogP contribution in [-0.2, 0) is 0 Å². The molecule has 0 saturated heterocycles. The molecule has 3 rings (SSSR count). The van der Waals surface area contributed by atoms with Crippen LogP contribution in [-0.4, -0.2) is 16.2 Å². The fraction of sp³-hybridized carbons (Fsp3) is 0. The number of benzene rings is 1. The lowest BCUT2D eigenvalue weighted by atomic mass is 10.0. The van der Waals surface area contributed by atoms with Gasteiger partial charge in [-0.15, -0.1) is 12.6 Å². The largest absolute Gasteiger partial charge is 0.396 e. The van der Waals surface area contributed by atoms with Gasteiger partial charge in [-0.05, 0) is 12.1 Å². The minimum atomic E-state index is -1.02. The van der Waals surface area contributed by atoms with Gasteiger partial charge in [-0.3, -0.25) is 4.98 Å². The number of rotatable bonds is 2. The Kier molecular flexibility index (Phi) is 5.49. The van der Waals surface area contributed by atoms with Crippen LogP contribution in [0.1, 0.15) is 16.7 Å². The minimum absolute atomic E-state index is 0.0539. The van der Waals surface area contributed by atoms with Crippen molar-refractivity contribution < 1.29 is 8.78 Å². The average Bonchev–Trinajstić information content (AvgIpc) is 2.66. The van der Waals surface area contributed by atoms with E-state index in [9.17, 15) is 8.78 Å². The standard InChI is InChI=1S/C19H12ClF2N5S/c20-13-7-26-8-15(28)16(13)12-4-14(21)11(17(22)18(12)24)2-1-9-3-10(5-23)19(25)27-6-9/h3-8,23,28H,24H2,(H2,25,27). The highest BCUT2D eigenvalue weighted by molar-refractivity contribution is 7.80. The van der Waals surface area contributed by atoms with Gasteiger partial charge in [0, 0.05) is 52.0 Å². The molecule has 28 heavy (non-hydrogen) atoms. The molecular weight excluding hydrogens is 404 g/mol. The van der Waals surface area contributed by atoms with E-state index in [0.29, 0.717) is 16.0 Å². The highest BCUT2D eigenvalue weighted by atomic mass is 35.5. The number of aromatic nitrogens is 2. The zero-order chi connectivity index (χ0) is 20.4. The molecule has 0 aliphatic carbocycles. The molecule has 0 atom stereocenters. The quantitative estimate of drug-likeness (QED) is 0.220. The zero-order valence-electron chi connectivity index (χ0n) is 14.1. The lowest BCUT2D eigenvalue weighted by Gasteiger charge is -2.12. The van der Waals surface area contributed by atoms with Crippen molar-refractivity contribution in [1.82, 2.24) is 9.97 Å². The summed E-state index contributed by atoms with van der Waals surface area (Å²) in [6, 6.07) is 2.54. The first-order chi connectivity index (χ1) is 13.3. The van der Waals surface area contributed by atoms with E-state index in [1.165, 1.54) is 24.7 Å². The summed E-state index contributed by atoms with van der Waals surface area (Å²) in [5, 5.41) is 7.42. The lowest BCUT2D eigenvalue weighted by molar-refractivity contribution is 0.581. The summed E-state index contributed by atoms with van der Waals surface area (Å²) < 4.78 is 29.4. The van der Waals surface area contributed by atoms with E-state index in [4.69, 9.17) is 28.5 Å². The van der Waals surface area contributed by atoms with Crippen LogP contribution >= 0.6 is 24.2 Å². The molecule has 0 spiro atoms. The van der Waals surface area contributed by atoms with Crippen molar-refractivity contribution in [3.05, 3.63) is 64.1 Å². The lowest BCUT2D eigenvalue weighted by Crippen LogP contribution is -2.02. The maximum absolute atomic E-state index is 14.8. The second-order valence-electron chi connectivity index (χ2n) is 5.62. The van der Waals surface area contributed by atoms with Gasteiger partial charge in [-0.1, -0.05) is 23.4 Å². The number of nitrogens with one attached hydrogen (secondary N) is 1. The summed E-state index contributed by atoms with van der Waals surface area (Å²) >= 11 is 10.3. The monoisotopic (exact) mass is 415 g/mol. The highest BCUT2D eigenvalue weighted by Gasteiger charge is 2.19. The highest BCUT2D eigenvalue weighted by Crippen LogP contribution is 2.38. The van der Waals surface area contributed by atoms with E-state index >= 15 is 0 Å². The third-order valence-corrected chi connectivity index (χ3v) is 4.47. The van der Waals surface area contributed by atoms with Crippen LogP contribution < -0.4 is 11.5 Å². The van der Waals surface area contributed by atoms with Gasteiger partial charge in [0.1, 0.15) is 11.6 Å². The van der Waals surface area contributed by atoms with Crippen LogP contribution in [0, 0.1) is 28.9 Å². The Labute approximate surface area is 169 Å². The fourth-order valence-corrected chi connectivity index (χ4v) is 3.09. The maximum Gasteiger partial charge on any atom is 0.165 e. The first-order valence-corrected chi connectivity index (χ1v) is 8.54. The Morgan fingerprint density at radius 1 is 1.14 bits per heavy atom. The summed E-state index contributed by atoms with van der Waals surface area (Å²) in [5.41, 5.74) is 11.7. The maximum atomic E-state index is 14.8. The number of nitrogens with two attached hydrogens (primary N) is 2. The first kappa shape index (κ1) is 19.6. The second-order valence-corrected chi connectivity index (χ2v) is 6.51. The number of hydrogen-bond donors (Lipinski definition) is 4. The van der Waals surface area contributed by atoms with Crippen molar-refractivity contribution in [2.45, 2.75) is 4.90 Å². The molecule has 5 nitrogen and oxygen atoms in total. The SMILES string of the molecule is N=Cc1cc(C#Cc2c(F)cc(-c3c(S)cncc3Cl)c(N)c2F)cnc1N. The van der Waals surface area contributed by atoms with E-state index in [1.807, 2.05) is 0 Å². The van der Waals surface area contributed by atoms with Crippen LogP contribution in [0.3, 0.4) is 0 Å². The topological polar surface area (TPSA) is 102 Å². The Morgan fingerprint density at radius 2 is 1.89 bits per heavy atom. The van der Waals surface area contributed by atoms with Crippen LogP contribution in [0.25, 0.3) is 11.1 Å². The van der Waals surface area contributed by atoms with Gasteiger partial charge in [0.2, 0.25) is 0 Å². The molecule has 3 aromatic rings. The van der Waals surface area contributed by atoms with E-state index in [-0.39, 0.29) is 27.7 Å². The molecule has 0 fully saturated rings. The molecule has 0 bridgehead atoms. The number of nitrogen functional groups attached to an aromatic ring is 2. The third-order valence-electron chi connectivity index (χ3n) is 3.84. The molecule has 0 saturated carbocycles. The first-order valence-electron chi connectivity index (χ1n) is 7.71. The molecule has 5 N–H and O–H groups in total. The van der Waals surface area contributed by atoms with E-state index in [0.717, 1.165) is 12.3 Å². The van der Waals surface area contributed by atoms with Crippen molar-refractivity contribution in [3.63, 3.8) is 0 Å². The molecule has 0 amide bonds. The van der Waals surface area contributed by atoms with Crippen LogP contribution in [0.2, 0.25) is 5.02 Å². The Hall–Kier alpha value is -3.15. The van der Waals surface area contributed by atoms with Crippen LogP contribution in [0.4, 0.5) is 20.3 Å².